The Morgan fingerprint density at radius 1 is 1.08 bits per heavy atom. The summed E-state index contributed by atoms with van der Waals surface area (Å²) < 4.78 is 5.17. The number of imide groups is 1. The third-order valence-corrected chi connectivity index (χ3v) is 5.26. The smallest absolute Gasteiger partial charge is 0.307 e. The molecule has 2 atom stereocenters. The number of carbonyl (C=O) groups excluding carboxylic acids is 3. The summed E-state index contributed by atoms with van der Waals surface area (Å²) in [7, 11) is 0. The van der Waals surface area contributed by atoms with Gasteiger partial charge in [-0.05, 0) is 30.5 Å². The van der Waals surface area contributed by atoms with Crippen molar-refractivity contribution in [3.05, 3.63) is 46.0 Å². The maximum atomic E-state index is 12.3. The summed E-state index contributed by atoms with van der Waals surface area (Å²) in [5, 5.41) is 0.818. The van der Waals surface area contributed by atoms with Gasteiger partial charge < -0.3 is 4.74 Å². The Balaban J connectivity index is 1.50. The molecule has 1 aliphatic heterocycles. The zero-order valence-corrected chi connectivity index (χ0v) is 14.9. The predicted molar refractivity (Wildman–Crippen MR) is 92.9 cm³/mol. The van der Waals surface area contributed by atoms with Crippen LogP contribution in [0.2, 0.25) is 10.0 Å². The molecule has 1 aliphatic carbocycles. The normalized spacial score (nSPS) is 22.2. The van der Waals surface area contributed by atoms with E-state index in [1.165, 1.54) is 4.90 Å². The molecule has 0 N–H and O–H groups in total. The first-order valence-electron chi connectivity index (χ1n) is 8.07. The van der Waals surface area contributed by atoms with Crippen molar-refractivity contribution in [3.8, 4) is 0 Å². The average molecular weight is 382 g/mol. The van der Waals surface area contributed by atoms with Crippen LogP contribution < -0.4 is 0 Å². The fourth-order valence-corrected chi connectivity index (χ4v) is 3.48. The molecule has 1 heterocycles. The molecule has 1 aromatic rings. The zero-order valence-electron chi connectivity index (χ0n) is 13.4. The first-order chi connectivity index (χ1) is 12.0. The second kappa shape index (κ2) is 7.58. The van der Waals surface area contributed by atoms with Crippen molar-refractivity contribution in [1.82, 2.24) is 4.90 Å². The number of benzene rings is 1. The van der Waals surface area contributed by atoms with Crippen molar-refractivity contribution in [2.75, 3.05) is 6.54 Å². The summed E-state index contributed by atoms with van der Waals surface area (Å²) in [6.07, 6.45) is 5.02. The third-order valence-electron chi connectivity index (χ3n) is 4.52. The van der Waals surface area contributed by atoms with Crippen LogP contribution in [0.4, 0.5) is 0 Å². The van der Waals surface area contributed by atoms with E-state index in [0.717, 1.165) is 0 Å². The molecule has 0 saturated carbocycles. The number of carbonyl (C=O) groups is 3. The van der Waals surface area contributed by atoms with Gasteiger partial charge in [0.15, 0.2) is 0 Å². The standard InChI is InChI=1S/C18H17Cl2NO4/c19-14-6-5-11(9-15(14)20)10-25-16(22)7-8-21-17(23)12-3-1-2-4-13(12)18(21)24/h1-2,5-6,9,12-13H,3-4,7-8,10H2/t12-,13+. The Morgan fingerprint density at radius 2 is 1.72 bits per heavy atom. The molecule has 0 bridgehead atoms. The van der Waals surface area contributed by atoms with Gasteiger partial charge in [-0.3, -0.25) is 19.3 Å². The lowest BCUT2D eigenvalue weighted by molar-refractivity contribution is -0.146. The first-order valence-corrected chi connectivity index (χ1v) is 8.82. The molecule has 0 radical (unpaired) electrons. The largest absolute Gasteiger partial charge is 0.461 e. The average Bonchev–Trinajstić information content (AvgIpc) is 2.85. The van der Waals surface area contributed by atoms with E-state index in [0.29, 0.717) is 28.5 Å². The molecule has 5 nitrogen and oxygen atoms in total. The number of amides is 2. The van der Waals surface area contributed by atoms with Crippen molar-refractivity contribution in [1.29, 1.82) is 0 Å². The van der Waals surface area contributed by atoms with Gasteiger partial charge >= 0.3 is 5.97 Å². The lowest BCUT2D eigenvalue weighted by atomic mass is 9.85. The highest BCUT2D eigenvalue weighted by molar-refractivity contribution is 6.42. The Hall–Kier alpha value is -1.85. The monoisotopic (exact) mass is 381 g/mol. The highest BCUT2D eigenvalue weighted by Crippen LogP contribution is 2.35. The molecule has 7 heteroatoms. The molecule has 0 spiro atoms. The van der Waals surface area contributed by atoms with Gasteiger partial charge in [-0.25, -0.2) is 0 Å². The Bertz CT molecular complexity index is 721. The van der Waals surface area contributed by atoms with E-state index >= 15 is 0 Å². The van der Waals surface area contributed by atoms with Crippen LogP contribution in [-0.2, 0) is 25.7 Å². The maximum Gasteiger partial charge on any atom is 0.307 e. The topological polar surface area (TPSA) is 63.7 Å². The molecular weight excluding hydrogens is 365 g/mol. The van der Waals surface area contributed by atoms with Crippen LogP contribution in [0, 0.1) is 11.8 Å². The maximum absolute atomic E-state index is 12.3. The highest BCUT2D eigenvalue weighted by Gasteiger charge is 2.46. The summed E-state index contributed by atoms with van der Waals surface area (Å²) in [4.78, 5) is 37.7. The third kappa shape index (κ3) is 3.88. The van der Waals surface area contributed by atoms with Crippen molar-refractivity contribution in [2.24, 2.45) is 11.8 Å². The molecule has 2 amide bonds. The van der Waals surface area contributed by atoms with Gasteiger partial charge in [0.1, 0.15) is 6.61 Å². The lowest BCUT2D eigenvalue weighted by Gasteiger charge is -2.14. The Labute approximate surface area is 155 Å². The zero-order chi connectivity index (χ0) is 18.0. The minimum absolute atomic E-state index is 0.0222. The number of nitrogens with zero attached hydrogens (tertiary/aromatic N) is 1. The fourth-order valence-electron chi connectivity index (χ4n) is 3.16. The van der Waals surface area contributed by atoms with Crippen molar-refractivity contribution >= 4 is 41.0 Å². The van der Waals surface area contributed by atoms with E-state index in [1.54, 1.807) is 18.2 Å². The number of fused-ring (bicyclic) bond motifs is 1. The van der Waals surface area contributed by atoms with Gasteiger partial charge in [-0.1, -0.05) is 41.4 Å². The second-order valence-corrected chi connectivity index (χ2v) is 6.96. The van der Waals surface area contributed by atoms with Crippen molar-refractivity contribution in [3.63, 3.8) is 0 Å². The van der Waals surface area contributed by atoms with Crippen LogP contribution in [0.15, 0.2) is 30.4 Å². The minimum atomic E-state index is -0.473. The summed E-state index contributed by atoms with van der Waals surface area (Å²) >= 11 is 11.7. The van der Waals surface area contributed by atoms with Gasteiger partial charge in [-0.2, -0.15) is 0 Å². The van der Waals surface area contributed by atoms with Crippen LogP contribution >= 0.6 is 23.2 Å². The Morgan fingerprint density at radius 3 is 2.32 bits per heavy atom. The van der Waals surface area contributed by atoms with E-state index in [1.807, 2.05) is 12.2 Å². The molecule has 1 fully saturated rings. The van der Waals surface area contributed by atoms with Gasteiger partial charge in [0, 0.05) is 6.54 Å². The van der Waals surface area contributed by atoms with Crippen LogP contribution in [0.1, 0.15) is 24.8 Å². The van der Waals surface area contributed by atoms with Crippen molar-refractivity contribution < 1.29 is 19.1 Å². The van der Waals surface area contributed by atoms with E-state index in [2.05, 4.69) is 0 Å². The summed E-state index contributed by atoms with van der Waals surface area (Å²) in [6, 6.07) is 4.97. The van der Waals surface area contributed by atoms with E-state index in [9.17, 15) is 14.4 Å². The van der Waals surface area contributed by atoms with Crippen LogP contribution in [-0.4, -0.2) is 29.2 Å². The molecule has 25 heavy (non-hydrogen) atoms. The number of likely N-dealkylation sites (tertiary alicyclic amines) is 1. The quantitative estimate of drug-likeness (QED) is 0.445. The van der Waals surface area contributed by atoms with Gasteiger partial charge in [-0.15, -0.1) is 0 Å². The van der Waals surface area contributed by atoms with E-state index < -0.39 is 5.97 Å². The fraction of sp³-hybridized carbons (Fsp3) is 0.389. The summed E-state index contributed by atoms with van der Waals surface area (Å²) in [5.41, 5.74) is 0.716. The van der Waals surface area contributed by atoms with Gasteiger partial charge in [0.05, 0.1) is 28.3 Å². The van der Waals surface area contributed by atoms with Gasteiger partial charge in [0.2, 0.25) is 11.8 Å². The number of rotatable bonds is 5. The summed E-state index contributed by atoms with van der Waals surface area (Å²) in [6.45, 7) is 0.123. The molecule has 1 aromatic carbocycles. The number of hydrogen-bond donors (Lipinski definition) is 0. The van der Waals surface area contributed by atoms with E-state index in [4.69, 9.17) is 27.9 Å². The summed E-state index contributed by atoms with van der Waals surface area (Å²) in [5.74, 6) is -1.39. The molecular formula is C18H17Cl2NO4. The SMILES string of the molecule is O=C(CCN1C(=O)[C@H]2CC=CC[C@H]2C1=O)OCc1ccc(Cl)c(Cl)c1. The number of halogens is 2. The Kier molecular flexibility index (Phi) is 5.45. The number of hydrogen-bond acceptors (Lipinski definition) is 4. The second-order valence-electron chi connectivity index (χ2n) is 6.14. The molecule has 1 saturated heterocycles. The number of ether oxygens (including phenoxy) is 1. The first kappa shape index (κ1) is 18.0. The van der Waals surface area contributed by atoms with Crippen LogP contribution in [0.3, 0.4) is 0 Å². The van der Waals surface area contributed by atoms with Gasteiger partial charge in [0.25, 0.3) is 0 Å². The molecule has 0 unspecified atom stereocenters. The number of allylic oxidation sites excluding steroid dienone is 2. The van der Waals surface area contributed by atoms with Crippen LogP contribution in [0.25, 0.3) is 0 Å². The molecule has 3 rings (SSSR count). The highest BCUT2D eigenvalue weighted by atomic mass is 35.5. The molecule has 0 aromatic heterocycles. The van der Waals surface area contributed by atoms with Crippen LogP contribution in [0.5, 0.6) is 0 Å². The number of esters is 1. The predicted octanol–water partition coefficient (Wildman–Crippen LogP) is 3.38. The molecule has 2 aliphatic rings. The molecule has 132 valence electrons. The minimum Gasteiger partial charge on any atom is -0.461 e. The van der Waals surface area contributed by atoms with Crippen molar-refractivity contribution in [2.45, 2.75) is 25.9 Å². The lowest BCUT2D eigenvalue weighted by Crippen LogP contribution is -2.33. The van der Waals surface area contributed by atoms with E-state index in [-0.39, 0.29) is 43.2 Å².